The molecule has 2 nitrogen and oxygen atoms in total. The molecule has 1 N–H and O–H groups in total. The highest BCUT2D eigenvalue weighted by Crippen LogP contribution is 2.36. The third kappa shape index (κ3) is 2.66. The maximum Gasteiger partial charge on any atom is 0.416 e. The highest BCUT2D eigenvalue weighted by atomic mass is 19.4. The normalized spacial score (nSPS) is 11.4. The zero-order valence-corrected chi connectivity index (χ0v) is 10.5. The van der Waals surface area contributed by atoms with Crippen molar-refractivity contribution < 1.29 is 23.1 Å². The molecule has 20 heavy (non-hydrogen) atoms. The van der Waals surface area contributed by atoms with E-state index in [9.17, 15) is 18.0 Å². The summed E-state index contributed by atoms with van der Waals surface area (Å²) in [7, 11) is 0. The molecule has 0 saturated heterocycles. The van der Waals surface area contributed by atoms with Crippen molar-refractivity contribution >= 4 is 5.97 Å². The number of halogens is 3. The van der Waals surface area contributed by atoms with Gasteiger partial charge >= 0.3 is 12.1 Å². The Hall–Kier alpha value is -2.30. The monoisotopic (exact) mass is 280 g/mol. The largest absolute Gasteiger partial charge is 0.478 e. The number of alkyl halides is 3. The second-order valence-corrected chi connectivity index (χ2v) is 4.36. The molecule has 5 heteroatoms. The van der Waals surface area contributed by atoms with Gasteiger partial charge in [0.2, 0.25) is 0 Å². The Kier molecular flexibility index (Phi) is 3.53. The lowest BCUT2D eigenvalue weighted by Gasteiger charge is -2.14. The van der Waals surface area contributed by atoms with Gasteiger partial charge in [0.05, 0.1) is 11.1 Å². The van der Waals surface area contributed by atoms with Crippen molar-refractivity contribution in [3.8, 4) is 11.1 Å². The Labute approximate surface area is 113 Å². The topological polar surface area (TPSA) is 37.3 Å². The number of rotatable bonds is 2. The lowest BCUT2D eigenvalue weighted by atomic mass is 9.95. The summed E-state index contributed by atoms with van der Waals surface area (Å²) in [6, 6.07) is 9.75. The van der Waals surface area contributed by atoms with Gasteiger partial charge in [-0.25, -0.2) is 4.79 Å². The van der Waals surface area contributed by atoms with Gasteiger partial charge in [-0.1, -0.05) is 24.3 Å². The molecule has 0 aliphatic heterocycles. The molecule has 0 atom stereocenters. The summed E-state index contributed by atoms with van der Waals surface area (Å²) in [6.07, 6.45) is -4.43. The first kappa shape index (κ1) is 14.1. The van der Waals surface area contributed by atoms with E-state index in [2.05, 4.69) is 0 Å². The molecule has 0 bridgehead atoms. The van der Waals surface area contributed by atoms with Gasteiger partial charge in [0, 0.05) is 0 Å². The van der Waals surface area contributed by atoms with Gasteiger partial charge in [0.15, 0.2) is 0 Å². The van der Waals surface area contributed by atoms with E-state index in [1.165, 1.54) is 31.2 Å². The van der Waals surface area contributed by atoms with Crippen molar-refractivity contribution in [2.45, 2.75) is 13.1 Å². The number of hydrogen-bond donors (Lipinski definition) is 1. The van der Waals surface area contributed by atoms with E-state index in [0.717, 1.165) is 6.07 Å². The maximum atomic E-state index is 12.9. The van der Waals surface area contributed by atoms with Crippen LogP contribution in [0.25, 0.3) is 11.1 Å². The second kappa shape index (κ2) is 5.00. The zero-order valence-electron chi connectivity index (χ0n) is 10.5. The van der Waals surface area contributed by atoms with Gasteiger partial charge < -0.3 is 5.11 Å². The third-order valence-corrected chi connectivity index (χ3v) is 3.06. The van der Waals surface area contributed by atoms with Crippen molar-refractivity contribution in [1.29, 1.82) is 0 Å². The molecule has 2 aromatic carbocycles. The van der Waals surface area contributed by atoms with Crippen LogP contribution in [0.4, 0.5) is 13.2 Å². The van der Waals surface area contributed by atoms with Crippen LogP contribution in [0.1, 0.15) is 21.5 Å². The number of carbonyl (C=O) groups is 1. The van der Waals surface area contributed by atoms with E-state index in [4.69, 9.17) is 5.11 Å². The van der Waals surface area contributed by atoms with Crippen LogP contribution < -0.4 is 0 Å². The zero-order chi connectivity index (χ0) is 14.9. The van der Waals surface area contributed by atoms with Crippen LogP contribution in [0, 0.1) is 6.92 Å². The highest BCUT2D eigenvalue weighted by molar-refractivity contribution is 5.89. The van der Waals surface area contributed by atoms with Crippen LogP contribution in [-0.2, 0) is 6.18 Å². The number of carboxylic acid groups (broad SMARTS) is 1. The molecule has 0 heterocycles. The summed E-state index contributed by atoms with van der Waals surface area (Å²) < 4.78 is 38.6. The Morgan fingerprint density at radius 1 is 1.10 bits per heavy atom. The predicted molar refractivity (Wildman–Crippen MR) is 68.6 cm³/mol. The fraction of sp³-hybridized carbons (Fsp3) is 0.133. The van der Waals surface area contributed by atoms with Crippen LogP contribution in [0.3, 0.4) is 0 Å². The standard InChI is InChI=1S/C15H11F3O2/c1-9-12(6-3-7-13(9)15(16,17)18)10-4-2-5-11(8-10)14(19)20/h2-8H,1H3,(H,19,20). The molecule has 0 unspecified atom stereocenters. The molecule has 0 aliphatic carbocycles. The van der Waals surface area contributed by atoms with Crippen LogP contribution >= 0.6 is 0 Å². The lowest BCUT2D eigenvalue weighted by Crippen LogP contribution is -2.08. The Balaban J connectivity index is 2.59. The molecule has 104 valence electrons. The predicted octanol–water partition coefficient (Wildman–Crippen LogP) is 4.38. The average molecular weight is 280 g/mol. The first-order chi connectivity index (χ1) is 9.30. The SMILES string of the molecule is Cc1c(-c2cccc(C(=O)O)c2)cccc1C(F)(F)F. The van der Waals surface area contributed by atoms with Crippen LogP contribution in [0.5, 0.6) is 0 Å². The maximum absolute atomic E-state index is 12.9. The van der Waals surface area contributed by atoms with Crippen LogP contribution in [-0.4, -0.2) is 11.1 Å². The fourth-order valence-electron chi connectivity index (χ4n) is 2.08. The summed E-state index contributed by atoms with van der Waals surface area (Å²) in [4.78, 5) is 10.9. The minimum absolute atomic E-state index is 0.0410. The van der Waals surface area contributed by atoms with Crippen LogP contribution in [0.2, 0.25) is 0 Å². The first-order valence-electron chi connectivity index (χ1n) is 5.81. The van der Waals surface area contributed by atoms with Gasteiger partial charge in [-0.15, -0.1) is 0 Å². The minimum atomic E-state index is -4.43. The molecule has 0 fully saturated rings. The average Bonchev–Trinajstić information content (AvgIpc) is 2.37. The molecular weight excluding hydrogens is 269 g/mol. The Bertz CT molecular complexity index is 660. The summed E-state index contributed by atoms with van der Waals surface area (Å²) in [5.41, 5.74) is 0.244. The Morgan fingerprint density at radius 3 is 2.35 bits per heavy atom. The molecule has 0 amide bonds. The quantitative estimate of drug-likeness (QED) is 0.886. The number of carboxylic acids is 1. The van der Waals surface area contributed by atoms with E-state index in [0.29, 0.717) is 11.1 Å². The van der Waals surface area contributed by atoms with E-state index >= 15 is 0 Å². The van der Waals surface area contributed by atoms with E-state index < -0.39 is 17.7 Å². The minimum Gasteiger partial charge on any atom is -0.478 e. The van der Waals surface area contributed by atoms with Gasteiger partial charge in [-0.05, 0) is 41.8 Å². The third-order valence-electron chi connectivity index (χ3n) is 3.06. The van der Waals surface area contributed by atoms with Crippen molar-refractivity contribution in [3.05, 3.63) is 59.2 Å². The first-order valence-corrected chi connectivity index (χ1v) is 5.81. The molecule has 2 aromatic rings. The molecule has 0 radical (unpaired) electrons. The van der Waals surface area contributed by atoms with Crippen molar-refractivity contribution in [2.24, 2.45) is 0 Å². The van der Waals surface area contributed by atoms with Crippen LogP contribution in [0.15, 0.2) is 42.5 Å². The van der Waals surface area contributed by atoms with Gasteiger partial charge in [-0.2, -0.15) is 13.2 Å². The summed E-state index contributed by atoms with van der Waals surface area (Å²) in [5, 5.41) is 8.93. The number of benzene rings is 2. The molecular formula is C15H11F3O2. The molecule has 0 aromatic heterocycles. The highest BCUT2D eigenvalue weighted by Gasteiger charge is 2.32. The van der Waals surface area contributed by atoms with Gasteiger partial charge in [0.25, 0.3) is 0 Å². The van der Waals surface area contributed by atoms with E-state index in [1.807, 2.05) is 0 Å². The molecule has 2 rings (SSSR count). The summed E-state index contributed by atoms with van der Waals surface area (Å²) in [5.74, 6) is -1.11. The smallest absolute Gasteiger partial charge is 0.416 e. The summed E-state index contributed by atoms with van der Waals surface area (Å²) in [6.45, 7) is 1.38. The lowest BCUT2D eigenvalue weighted by molar-refractivity contribution is -0.138. The summed E-state index contributed by atoms with van der Waals surface area (Å²) >= 11 is 0. The molecule has 0 aliphatic rings. The number of hydrogen-bond acceptors (Lipinski definition) is 1. The molecule has 0 spiro atoms. The van der Waals surface area contributed by atoms with E-state index in [-0.39, 0.29) is 11.1 Å². The van der Waals surface area contributed by atoms with Crippen molar-refractivity contribution in [2.75, 3.05) is 0 Å². The van der Waals surface area contributed by atoms with Gasteiger partial charge in [-0.3, -0.25) is 0 Å². The fourth-order valence-corrected chi connectivity index (χ4v) is 2.08. The van der Waals surface area contributed by atoms with E-state index in [1.54, 1.807) is 12.1 Å². The second-order valence-electron chi connectivity index (χ2n) is 4.36. The van der Waals surface area contributed by atoms with Crippen molar-refractivity contribution in [1.82, 2.24) is 0 Å². The number of aromatic carboxylic acids is 1. The van der Waals surface area contributed by atoms with Gasteiger partial charge in [0.1, 0.15) is 0 Å². The Morgan fingerprint density at radius 2 is 1.75 bits per heavy atom. The molecule has 0 saturated carbocycles. The van der Waals surface area contributed by atoms with Crippen molar-refractivity contribution in [3.63, 3.8) is 0 Å².